The second kappa shape index (κ2) is 8.95. The van der Waals surface area contributed by atoms with Crippen LogP contribution in [0.15, 0.2) is 35.1 Å². The van der Waals surface area contributed by atoms with Crippen molar-refractivity contribution in [3.05, 3.63) is 46.3 Å². The number of anilines is 1. The highest BCUT2D eigenvalue weighted by molar-refractivity contribution is 9.10. The molecule has 8 nitrogen and oxygen atoms in total. The van der Waals surface area contributed by atoms with Gasteiger partial charge in [-0.2, -0.15) is 10.1 Å². The van der Waals surface area contributed by atoms with Crippen LogP contribution in [-0.4, -0.2) is 47.6 Å². The van der Waals surface area contributed by atoms with Crippen LogP contribution in [0.3, 0.4) is 0 Å². The molecule has 5 rings (SSSR count). The summed E-state index contributed by atoms with van der Waals surface area (Å²) in [5.74, 6) is 0.743. The first-order chi connectivity index (χ1) is 16.3. The van der Waals surface area contributed by atoms with Crippen molar-refractivity contribution in [2.45, 2.75) is 51.2 Å². The monoisotopic (exact) mass is 540 g/mol. The molecule has 1 aromatic carbocycles. The quantitative estimate of drug-likeness (QED) is 0.322. The summed E-state index contributed by atoms with van der Waals surface area (Å²) in [6, 6.07) is 8.07. The van der Waals surface area contributed by atoms with E-state index in [0.29, 0.717) is 22.6 Å². The zero-order chi connectivity index (χ0) is 24.0. The minimum atomic E-state index is -0.237. The molecule has 176 valence electrons. The summed E-state index contributed by atoms with van der Waals surface area (Å²) < 4.78 is 14.0. The fourth-order valence-electron chi connectivity index (χ4n) is 4.86. The molecule has 1 aliphatic rings. The zero-order valence-corrected chi connectivity index (χ0v) is 21.8. The normalized spacial score (nSPS) is 22.7. The number of hydrogen-bond donors (Lipinski definition) is 2. The molecule has 3 heterocycles. The zero-order valence-electron chi connectivity index (χ0n) is 19.3. The maximum absolute atomic E-state index is 11.5. The van der Waals surface area contributed by atoms with Gasteiger partial charge in [-0.1, -0.05) is 13.0 Å². The fraction of sp³-hybridized carbons (Fsp3) is 0.417. The highest BCUT2D eigenvalue weighted by atomic mass is 79.9. The average molecular weight is 541 g/mol. The lowest BCUT2D eigenvalue weighted by Crippen LogP contribution is -2.39. The third-order valence-corrected chi connectivity index (χ3v) is 8.64. The topological polar surface area (TPSA) is 106 Å². The summed E-state index contributed by atoms with van der Waals surface area (Å²) in [5.41, 5.74) is 4.20. The molecule has 1 saturated carbocycles. The van der Waals surface area contributed by atoms with Crippen LogP contribution >= 0.6 is 24.4 Å². The van der Waals surface area contributed by atoms with Gasteiger partial charge < -0.3 is 10.4 Å². The Balaban J connectivity index is 1.60. The van der Waals surface area contributed by atoms with Gasteiger partial charge in [-0.3, -0.25) is 9.55 Å². The van der Waals surface area contributed by atoms with Gasteiger partial charge in [-0.05, 0) is 78.7 Å². The van der Waals surface area contributed by atoms with E-state index >= 15 is 0 Å². The lowest BCUT2D eigenvalue weighted by Gasteiger charge is -2.31. The summed E-state index contributed by atoms with van der Waals surface area (Å²) in [7, 11) is 0.197. The molecule has 1 fully saturated rings. The van der Waals surface area contributed by atoms with E-state index in [9.17, 15) is 9.67 Å². The molecule has 1 aliphatic carbocycles. The number of pyridine rings is 1. The van der Waals surface area contributed by atoms with Crippen molar-refractivity contribution in [1.82, 2.24) is 24.7 Å². The van der Waals surface area contributed by atoms with Crippen LogP contribution in [0.25, 0.3) is 27.6 Å². The molecule has 10 heteroatoms. The highest BCUT2D eigenvalue weighted by Crippen LogP contribution is 2.43. The number of halogens is 1. The molecule has 1 unspecified atom stereocenters. The minimum Gasteiger partial charge on any atom is -0.396 e. The van der Waals surface area contributed by atoms with E-state index in [1.165, 1.54) is 0 Å². The van der Waals surface area contributed by atoms with Crippen LogP contribution in [0.4, 0.5) is 5.95 Å². The molecule has 3 aromatic heterocycles. The number of aliphatic hydroxyl groups is 1. The number of aromatic nitrogens is 5. The van der Waals surface area contributed by atoms with Gasteiger partial charge in [0, 0.05) is 35.1 Å². The molecule has 0 radical (unpaired) electrons. The first kappa shape index (κ1) is 23.3. The Kier molecular flexibility index (Phi) is 6.12. The first-order valence-electron chi connectivity index (χ1n) is 11.4. The van der Waals surface area contributed by atoms with Crippen molar-refractivity contribution in [1.29, 1.82) is 0 Å². The van der Waals surface area contributed by atoms with E-state index in [4.69, 9.17) is 10.1 Å². The molecule has 0 spiro atoms. The molecule has 34 heavy (non-hydrogen) atoms. The van der Waals surface area contributed by atoms with Crippen LogP contribution in [-0.2, 0) is 11.0 Å². The number of nitrogens with zero attached hydrogens (tertiary/aromatic N) is 5. The van der Waals surface area contributed by atoms with Crippen LogP contribution in [0, 0.1) is 12.8 Å². The largest absolute Gasteiger partial charge is 0.396 e. The molecule has 3 atom stereocenters. The summed E-state index contributed by atoms with van der Waals surface area (Å²) in [5, 5.41) is 19.6. The number of benzene rings is 1. The first-order valence-corrected chi connectivity index (χ1v) is 13.0. The lowest BCUT2D eigenvalue weighted by molar-refractivity contribution is 0.300. The second-order valence-electron chi connectivity index (χ2n) is 9.28. The smallest absolute Gasteiger partial charge is 0.225 e. The summed E-state index contributed by atoms with van der Waals surface area (Å²) >= 11 is 3.55. The van der Waals surface area contributed by atoms with Crippen molar-refractivity contribution in [3.63, 3.8) is 0 Å². The summed E-state index contributed by atoms with van der Waals surface area (Å²) in [4.78, 5) is 14.1. The molecule has 0 aliphatic heterocycles. The van der Waals surface area contributed by atoms with Crippen molar-refractivity contribution in [3.8, 4) is 5.69 Å². The maximum atomic E-state index is 11.5. The fourth-order valence-corrected chi connectivity index (χ4v) is 6.04. The van der Waals surface area contributed by atoms with Crippen molar-refractivity contribution < 1.29 is 9.67 Å². The summed E-state index contributed by atoms with van der Waals surface area (Å²) in [6.45, 7) is 6.27. The Labute approximate surface area is 207 Å². The Bertz CT molecular complexity index is 1410. The van der Waals surface area contributed by atoms with Gasteiger partial charge in [0.2, 0.25) is 5.95 Å². The average Bonchev–Trinajstić information content (AvgIpc) is 3.29. The van der Waals surface area contributed by atoms with E-state index in [-0.39, 0.29) is 32.2 Å². The number of aryl methyl sites for hydroxylation is 1. The van der Waals surface area contributed by atoms with Gasteiger partial charge >= 0.3 is 0 Å². The molecule has 0 bridgehead atoms. The third kappa shape index (κ3) is 4.00. The molecule has 4 aromatic rings. The van der Waals surface area contributed by atoms with Crippen LogP contribution in [0.5, 0.6) is 0 Å². The summed E-state index contributed by atoms with van der Waals surface area (Å²) in [6.07, 6.45) is 4.07. The van der Waals surface area contributed by atoms with Gasteiger partial charge in [0.15, 0.2) is 14.1 Å². The number of fused-ring (bicyclic) bond motifs is 2. The van der Waals surface area contributed by atoms with E-state index in [0.717, 1.165) is 46.1 Å². The standard InChI is InChI=1S/C24H26BrN6O2P/c1-13-4-5-15-10-17(11-16(7-9-32)20(15)27-13)31-22-18(21(25)30-31)12-26-23(28-22)29-24(3)8-6-19(34-33)14(24)2/h4-5,10-12,14,19,32H,6-9H2,1-3H3,(H,26,28,29)/t14?,19-,24-/m1/s1. The van der Waals surface area contributed by atoms with Crippen LogP contribution < -0.4 is 5.32 Å². The van der Waals surface area contributed by atoms with Gasteiger partial charge in [0.05, 0.1) is 16.6 Å². The van der Waals surface area contributed by atoms with Crippen molar-refractivity contribution in [2.75, 3.05) is 11.9 Å². The third-order valence-electron chi connectivity index (χ3n) is 7.07. The number of nitrogens with one attached hydrogen (secondary N) is 1. The van der Waals surface area contributed by atoms with Crippen LogP contribution in [0.1, 0.15) is 37.9 Å². The molecule has 0 saturated heterocycles. The van der Waals surface area contributed by atoms with Crippen molar-refractivity contribution in [2.24, 2.45) is 5.92 Å². The molecular formula is C24H26BrN6O2P. The Morgan fingerprint density at radius 1 is 1.32 bits per heavy atom. The van der Waals surface area contributed by atoms with Crippen molar-refractivity contribution >= 4 is 52.3 Å². The number of aliphatic hydroxyl groups excluding tert-OH is 1. The van der Waals surface area contributed by atoms with E-state index in [1.54, 1.807) is 10.9 Å². The molecule has 0 amide bonds. The van der Waals surface area contributed by atoms with Gasteiger partial charge in [-0.15, -0.1) is 0 Å². The predicted molar refractivity (Wildman–Crippen MR) is 137 cm³/mol. The SMILES string of the molecule is Cc1ccc2cc(-n3nc(Br)c4cnc(N[C@]5(C)CC[C@@H](P=O)C5C)nc43)cc(CCO)c2n1. The second-order valence-corrected chi connectivity index (χ2v) is 10.9. The number of rotatable bonds is 6. The Hall–Kier alpha value is -2.48. The Morgan fingerprint density at radius 3 is 2.88 bits per heavy atom. The molecular weight excluding hydrogens is 515 g/mol. The van der Waals surface area contributed by atoms with Gasteiger partial charge in [-0.25, -0.2) is 9.67 Å². The maximum Gasteiger partial charge on any atom is 0.225 e. The minimum absolute atomic E-state index is 0.0362. The van der Waals surface area contributed by atoms with E-state index < -0.39 is 0 Å². The lowest BCUT2D eigenvalue weighted by atomic mass is 9.90. The van der Waals surface area contributed by atoms with E-state index in [2.05, 4.69) is 45.1 Å². The highest BCUT2D eigenvalue weighted by Gasteiger charge is 2.43. The van der Waals surface area contributed by atoms with Gasteiger partial charge in [0.25, 0.3) is 0 Å². The van der Waals surface area contributed by atoms with Crippen LogP contribution in [0.2, 0.25) is 0 Å². The molecule has 2 N–H and O–H groups in total. The predicted octanol–water partition coefficient (Wildman–Crippen LogP) is 5.23. The Morgan fingerprint density at radius 2 is 2.15 bits per heavy atom. The van der Waals surface area contributed by atoms with E-state index in [1.807, 2.05) is 31.2 Å². The number of hydrogen-bond acceptors (Lipinski definition) is 7. The van der Waals surface area contributed by atoms with Gasteiger partial charge in [0.1, 0.15) is 4.60 Å².